The molecule has 2 nitrogen and oxygen atoms in total. The second kappa shape index (κ2) is 4.62. The van der Waals surface area contributed by atoms with E-state index in [1.54, 1.807) is 7.11 Å². The van der Waals surface area contributed by atoms with Crippen molar-refractivity contribution in [1.29, 1.82) is 0 Å². The van der Waals surface area contributed by atoms with Crippen molar-refractivity contribution in [3.63, 3.8) is 0 Å². The highest BCUT2D eigenvalue weighted by Gasteiger charge is 2.32. The zero-order valence-electron chi connectivity index (χ0n) is 6.94. The predicted octanol–water partition coefficient (Wildman–Crippen LogP) is 2.70. The first-order valence-electron chi connectivity index (χ1n) is 4.08. The lowest BCUT2D eigenvalue weighted by Gasteiger charge is -2.34. The molecule has 66 valence electrons. The van der Waals surface area contributed by atoms with Crippen LogP contribution >= 0.6 is 22.6 Å². The van der Waals surface area contributed by atoms with Crippen molar-refractivity contribution in [3.05, 3.63) is 0 Å². The Balaban J connectivity index is 2.42. The van der Waals surface area contributed by atoms with Crippen LogP contribution in [0.15, 0.2) is 0 Å². The minimum atomic E-state index is -0.237. The van der Waals surface area contributed by atoms with Crippen LogP contribution in [0.25, 0.3) is 0 Å². The SMILES string of the molecule is COC1(OCI)CCCCC1. The van der Waals surface area contributed by atoms with Crippen molar-refractivity contribution in [1.82, 2.24) is 0 Å². The van der Waals surface area contributed by atoms with Crippen molar-refractivity contribution < 1.29 is 9.47 Å². The lowest BCUT2D eigenvalue weighted by Crippen LogP contribution is -2.36. The summed E-state index contributed by atoms with van der Waals surface area (Å²) < 4.78 is 11.7. The summed E-state index contributed by atoms with van der Waals surface area (Å²) in [6.07, 6.45) is 5.93. The highest BCUT2D eigenvalue weighted by molar-refractivity contribution is 14.1. The Morgan fingerprint density at radius 2 is 1.91 bits per heavy atom. The highest BCUT2D eigenvalue weighted by atomic mass is 127. The van der Waals surface area contributed by atoms with Gasteiger partial charge >= 0.3 is 0 Å². The molecule has 0 aromatic rings. The normalized spacial score (nSPS) is 23.5. The molecule has 1 fully saturated rings. The molecule has 0 aromatic carbocycles. The Bertz CT molecular complexity index is 105. The number of halogens is 1. The smallest absolute Gasteiger partial charge is 0.168 e. The van der Waals surface area contributed by atoms with E-state index in [2.05, 4.69) is 22.6 Å². The van der Waals surface area contributed by atoms with E-state index in [0.29, 0.717) is 0 Å². The first-order valence-corrected chi connectivity index (χ1v) is 5.61. The van der Waals surface area contributed by atoms with Gasteiger partial charge in [0, 0.05) is 20.0 Å². The summed E-state index contributed by atoms with van der Waals surface area (Å²) >= 11 is 2.22. The van der Waals surface area contributed by atoms with E-state index in [1.807, 2.05) is 0 Å². The summed E-state index contributed by atoms with van der Waals surface area (Å²) in [5.41, 5.74) is 0. The maximum atomic E-state index is 5.58. The van der Waals surface area contributed by atoms with Crippen LogP contribution in [-0.4, -0.2) is 17.5 Å². The molecule has 1 aliphatic rings. The van der Waals surface area contributed by atoms with Crippen molar-refractivity contribution >= 4 is 22.6 Å². The molecule has 0 heterocycles. The van der Waals surface area contributed by atoms with Gasteiger partial charge in [-0.2, -0.15) is 0 Å². The fraction of sp³-hybridized carbons (Fsp3) is 1.00. The van der Waals surface area contributed by atoms with Gasteiger partial charge in [-0.15, -0.1) is 0 Å². The fourth-order valence-corrected chi connectivity index (χ4v) is 2.16. The van der Waals surface area contributed by atoms with Gasteiger partial charge in [0.2, 0.25) is 0 Å². The first-order chi connectivity index (χ1) is 5.33. The minimum Gasteiger partial charge on any atom is -0.353 e. The lowest BCUT2D eigenvalue weighted by atomic mass is 9.94. The third kappa shape index (κ3) is 2.56. The number of rotatable bonds is 3. The zero-order chi connectivity index (χ0) is 8.16. The second-order valence-corrected chi connectivity index (χ2v) is 3.55. The number of hydrogen-bond acceptors (Lipinski definition) is 2. The standard InChI is InChI=1S/C8H15IO2/c1-10-8(11-7-9)5-3-2-4-6-8/h2-7H2,1H3. The average Bonchev–Trinajstić information content (AvgIpc) is 2.07. The Morgan fingerprint density at radius 1 is 1.27 bits per heavy atom. The van der Waals surface area contributed by atoms with Gasteiger partial charge in [-0.3, -0.25) is 0 Å². The predicted molar refractivity (Wildman–Crippen MR) is 52.8 cm³/mol. The Hall–Kier alpha value is 0.650. The van der Waals surface area contributed by atoms with Gasteiger partial charge in [0.05, 0.1) is 0 Å². The second-order valence-electron chi connectivity index (χ2n) is 2.93. The van der Waals surface area contributed by atoms with Crippen molar-refractivity contribution in [2.45, 2.75) is 37.9 Å². The maximum absolute atomic E-state index is 5.58. The number of methoxy groups -OCH3 is 1. The Kier molecular flexibility index (Phi) is 4.09. The molecular formula is C8H15IO2. The molecule has 0 radical (unpaired) electrons. The lowest BCUT2D eigenvalue weighted by molar-refractivity contribution is -0.225. The van der Waals surface area contributed by atoms with Crippen LogP contribution in [0.3, 0.4) is 0 Å². The van der Waals surface area contributed by atoms with Gasteiger partial charge in [0.25, 0.3) is 0 Å². The monoisotopic (exact) mass is 270 g/mol. The molecule has 0 N–H and O–H groups in total. The van der Waals surface area contributed by atoms with Crippen LogP contribution in [0.2, 0.25) is 0 Å². The molecule has 1 saturated carbocycles. The highest BCUT2D eigenvalue weighted by Crippen LogP contribution is 2.32. The molecule has 0 aromatic heterocycles. The Morgan fingerprint density at radius 3 is 2.36 bits per heavy atom. The molecule has 11 heavy (non-hydrogen) atoms. The number of hydrogen-bond donors (Lipinski definition) is 0. The first kappa shape index (κ1) is 9.74. The molecule has 1 rings (SSSR count). The molecule has 3 heteroatoms. The van der Waals surface area contributed by atoms with Crippen molar-refractivity contribution in [3.8, 4) is 0 Å². The molecule has 0 atom stereocenters. The van der Waals surface area contributed by atoms with E-state index in [1.165, 1.54) is 19.3 Å². The number of alkyl halides is 1. The molecule has 0 aliphatic heterocycles. The van der Waals surface area contributed by atoms with Gasteiger partial charge in [-0.25, -0.2) is 0 Å². The molecule has 0 unspecified atom stereocenters. The van der Waals surface area contributed by atoms with Crippen LogP contribution in [0.5, 0.6) is 0 Å². The van der Waals surface area contributed by atoms with E-state index < -0.39 is 0 Å². The average molecular weight is 270 g/mol. The van der Waals surface area contributed by atoms with Gasteiger partial charge in [-0.05, 0) is 12.8 Å². The summed E-state index contributed by atoms with van der Waals surface area (Å²) in [5.74, 6) is -0.237. The quantitative estimate of drug-likeness (QED) is 0.446. The number of ether oxygens (including phenoxy) is 2. The van der Waals surface area contributed by atoms with Crippen molar-refractivity contribution in [2.24, 2.45) is 0 Å². The van der Waals surface area contributed by atoms with Gasteiger partial charge < -0.3 is 9.47 Å². The maximum Gasteiger partial charge on any atom is 0.168 e. The molecule has 0 saturated heterocycles. The molecule has 0 bridgehead atoms. The molecule has 0 spiro atoms. The van der Waals surface area contributed by atoms with E-state index >= 15 is 0 Å². The largest absolute Gasteiger partial charge is 0.353 e. The molecular weight excluding hydrogens is 255 g/mol. The van der Waals surface area contributed by atoms with Crippen LogP contribution in [0.4, 0.5) is 0 Å². The van der Waals surface area contributed by atoms with Crippen LogP contribution in [0.1, 0.15) is 32.1 Å². The molecule has 0 amide bonds. The van der Waals surface area contributed by atoms with E-state index in [9.17, 15) is 0 Å². The van der Waals surface area contributed by atoms with E-state index in [4.69, 9.17) is 9.47 Å². The van der Waals surface area contributed by atoms with Crippen LogP contribution in [0, 0.1) is 0 Å². The third-order valence-corrected chi connectivity index (χ3v) is 2.62. The third-order valence-electron chi connectivity index (χ3n) is 2.30. The summed E-state index contributed by atoms with van der Waals surface area (Å²) in [6.45, 7) is 0. The van der Waals surface area contributed by atoms with E-state index in [0.717, 1.165) is 17.5 Å². The fourth-order valence-electron chi connectivity index (χ4n) is 1.60. The summed E-state index contributed by atoms with van der Waals surface area (Å²) in [5, 5.41) is 0. The summed E-state index contributed by atoms with van der Waals surface area (Å²) in [7, 11) is 1.75. The zero-order valence-corrected chi connectivity index (χ0v) is 9.09. The summed E-state index contributed by atoms with van der Waals surface area (Å²) in [6, 6.07) is 0. The Labute approximate surface area is 81.8 Å². The summed E-state index contributed by atoms with van der Waals surface area (Å²) in [4.78, 5) is 0. The van der Waals surface area contributed by atoms with Gasteiger partial charge in [0.15, 0.2) is 5.79 Å². The topological polar surface area (TPSA) is 18.5 Å². The van der Waals surface area contributed by atoms with Crippen LogP contribution in [-0.2, 0) is 9.47 Å². The molecule has 1 aliphatic carbocycles. The van der Waals surface area contributed by atoms with Gasteiger partial charge in [0.1, 0.15) is 4.61 Å². The van der Waals surface area contributed by atoms with Crippen LogP contribution < -0.4 is 0 Å². The van der Waals surface area contributed by atoms with Crippen molar-refractivity contribution in [2.75, 3.05) is 11.7 Å². The van der Waals surface area contributed by atoms with Gasteiger partial charge in [-0.1, -0.05) is 29.0 Å². The minimum absolute atomic E-state index is 0.237. The van der Waals surface area contributed by atoms with E-state index in [-0.39, 0.29) is 5.79 Å².